The number of para-hydroxylation sites is 1. The number of nitrogens with one attached hydrogen (secondary N) is 1. The van der Waals surface area contributed by atoms with Crippen molar-refractivity contribution in [2.24, 2.45) is 0 Å². The van der Waals surface area contributed by atoms with Crippen LogP contribution in [0.15, 0.2) is 53.7 Å². The Morgan fingerprint density at radius 1 is 1.19 bits per heavy atom. The number of benzene rings is 2. The molecule has 2 heterocycles. The van der Waals surface area contributed by atoms with Crippen LogP contribution in [-0.2, 0) is 14.6 Å². The molecule has 3 aromatic rings. The van der Waals surface area contributed by atoms with Crippen molar-refractivity contribution in [3.8, 4) is 17.1 Å². The lowest BCUT2D eigenvalue weighted by Gasteiger charge is -2.13. The number of sulfone groups is 1. The molecule has 1 N–H and O–H groups in total. The van der Waals surface area contributed by atoms with Crippen molar-refractivity contribution >= 4 is 39.1 Å². The standard InChI is InChI=1S/C21H21ClN4O3S2/c1-14-4-2-3-5-18(14)26-20(15-6-8-16(22)9-7-15)24-25-21(26)30-12-19(27)23-17-10-11-31(28,29)13-17/h2-9,17H,10-13H2,1H3,(H,23,27). The third-order valence-corrected chi connectivity index (χ3v) is 7.97. The SMILES string of the molecule is Cc1ccccc1-n1c(SCC(=O)NC2CCS(=O)(=O)C2)nnc1-c1ccc(Cl)cc1. The number of thioether (sulfide) groups is 1. The van der Waals surface area contributed by atoms with E-state index >= 15 is 0 Å². The summed E-state index contributed by atoms with van der Waals surface area (Å²) in [6.07, 6.45) is 0.457. The molecular weight excluding hydrogens is 456 g/mol. The summed E-state index contributed by atoms with van der Waals surface area (Å²) in [7, 11) is -3.04. The van der Waals surface area contributed by atoms with Gasteiger partial charge < -0.3 is 5.32 Å². The summed E-state index contributed by atoms with van der Waals surface area (Å²) in [5, 5.41) is 12.7. The third-order valence-electron chi connectivity index (χ3n) is 5.02. The highest BCUT2D eigenvalue weighted by Gasteiger charge is 2.29. The molecule has 0 aliphatic carbocycles. The molecule has 2 aromatic carbocycles. The molecule has 31 heavy (non-hydrogen) atoms. The summed E-state index contributed by atoms with van der Waals surface area (Å²) in [5.74, 6) is 0.664. The summed E-state index contributed by atoms with van der Waals surface area (Å²) in [6, 6.07) is 14.9. The number of amides is 1. The molecule has 0 saturated carbocycles. The zero-order chi connectivity index (χ0) is 22.0. The second kappa shape index (κ2) is 9.02. The van der Waals surface area contributed by atoms with Crippen molar-refractivity contribution in [1.29, 1.82) is 0 Å². The van der Waals surface area contributed by atoms with E-state index in [1.54, 1.807) is 12.1 Å². The fourth-order valence-corrected chi connectivity index (χ4v) is 6.04. The fraction of sp³-hybridized carbons (Fsp3) is 0.286. The van der Waals surface area contributed by atoms with Gasteiger partial charge in [0.2, 0.25) is 5.91 Å². The van der Waals surface area contributed by atoms with E-state index in [4.69, 9.17) is 11.6 Å². The number of rotatable bonds is 6. The number of carbonyl (C=O) groups excluding carboxylic acids is 1. The van der Waals surface area contributed by atoms with E-state index in [1.165, 1.54) is 11.8 Å². The van der Waals surface area contributed by atoms with Crippen molar-refractivity contribution in [3.63, 3.8) is 0 Å². The second-order valence-electron chi connectivity index (χ2n) is 7.39. The predicted molar refractivity (Wildman–Crippen MR) is 122 cm³/mol. The van der Waals surface area contributed by atoms with Gasteiger partial charge in [-0.15, -0.1) is 10.2 Å². The zero-order valence-electron chi connectivity index (χ0n) is 16.8. The van der Waals surface area contributed by atoms with Crippen LogP contribution < -0.4 is 5.32 Å². The Kier molecular flexibility index (Phi) is 6.36. The van der Waals surface area contributed by atoms with E-state index in [2.05, 4.69) is 15.5 Å². The van der Waals surface area contributed by atoms with Gasteiger partial charge in [0.15, 0.2) is 20.8 Å². The van der Waals surface area contributed by atoms with Crippen LogP contribution in [0.4, 0.5) is 0 Å². The van der Waals surface area contributed by atoms with Gasteiger partial charge in [0, 0.05) is 16.6 Å². The summed E-state index contributed by atoms with van der Waals surface area (Å²) < 4.78 is 25.1. The van der Waals surface area contributed by atoms with Crippen LogP contribution in [0.25, 0.3) is 17.1 Å². The van der Waals surface area contributed by atoms with Gasteiger partial charge in [-0.05, 0) is 49.2 Å². The number of halogens is 1. The van der Waals surface area contributed by atoms with E-state index in [0.717, 1.165) is 16.8 Å². The summed E-state index contributed by atoms with van der Waals surface area (Å²) in [4.78, 5) is 12.4. The first-order chi connectivity index (χ1) is 14.8. The number of nitrogens with zero attached hydrogens (tertiary/aromatic N) is 3. The highest BCUT2D eigenvalue weighted by Crippen LogP contribution is 2.30. The van der Waals surface area contributed by atoms with Gasteiger partial charge in [-0.1, -0.05) is 41.6 Å². The van der Waals surface area contributed by atoms with Gasteiger partial charge in [-0.2, -0.15) is 0 Å². The summed E-state index contributed by atoms with van der Waals surface area (Å²) >= 11 is 7.29. The third kappa shape index (κ3) is 5.11. The molecule has 1 aliphatic rings. The predicted octanol–water partition coefficient (Wildman–Crippen LogP) is 3.29. The van der Waals surface area contributed by atoms with Crippen molar-refractivity contribution in [1.82, 2.24) is 20.1 Å². The van der Waals surface area contributed by atoms with Crippen LogP contribution in [0.3, 0.4) is 0 Å². The molecule has 1 saturated heterocycles. The van der Waals surface area contributed by atoms with Crippen LogP contribution >= 0.6 is 23.4 Å². The van der Waals surface area contributed by atoms with Gasteiger partial charge in [0.05, 0.1) is 22.9 Å². The van der Waals surface area contributed by atoms with Crippen molar-refractivity contribution in [2.75, 3.05) is 17.3 Å². The maximum absolute atomic E-state index is 12.4. The Morgan fingerprint density at radius 2 is 1.94 bits per heavy atom. The monoisotopic (exact) mass is 476 g/mol. The van der Waals surface area contributed by atoms with E-state index < -0.39 is 9.84 Å². The molecule has 162 valence electrons. The molecule has 1 atom stereocenters. The lowest BCUT2D eigenvalue weighted by atomic mass is 10.1. The normalized spacial score (nSPS) is 17.5. The molecule has 1 fully saturated rings. The minimum absolute atomic E-state index is 0.00349. The van der Waals surface area contributed by atoms with Crippen LogP contribution in [0.2, 0.25) is 5.02 Å². The van der Waals surface area contributed by atoms with Crippen molar-refractivity contribution < 1.29 is 13.2 Å². The lowest BCUT2D eigenvalue weighted by molar-refractivity contribution is -0.119. The van der Waals surface area contributed by atoms with Gasteiger partial charge in [-0.3, -0.25) is 9.36 Å². The Bertz CT molecular complexity index is 1210. The Hall–Kier alpha value is -2.36. The molecular formula is C21H21ClN4O3S2. The van der Waals surface area contributed by atoms with Crippen molar-refractivity contribution in [3.05, 3.63) is 59.1 Å². The topological polar surface area (TPSA) is 94.0 Å². The van der Waals surface area contributed by atoms with E-state index in [9.17, 15) is 13.2 Å². The molecule has 4 rings (SSSR count). The lowest BCUT2D eigenvalue weighted by Crippen LogP contribution is -2.36. The molecule has 0 bridgehead atoms. The summed E-state index contributed by atoms with van der Waals surface area (Å²) in [5.41, 5.74) is 2.81. The largest absolute Gasteiger partial charge is 0.352 e. The van der Waals surface area contributed by atoms with Gasteiger partial charge in [0.1, 0.15) is 0 Å². The van der Waals surface area contributed by atoms with E-state index in [0.29, 0.717) is 22.4 Å². The van der Waals surface area contributed by atoms with Gasteiger partial charge in [0.25, 0.3) is 0 Å². The first-order valence-electron chi connectivity index (χ1n) is 9.72. The first-order valence-corrected chi connectivity index (χ1v) is 12.9. The zero-order valence-corrected chi connectivity index (χ0v) is 19.2. The minimum atomic E-state index is -3.04. The fourth-order valence-electron chi connectivity index (χ4n) is 3.49. The number of hydrogen-bond acceptors (Lipinski definition) is 6. The molecule has 1 aromatic heterocycles. The second-order valence-corrected chi connectivity index (χ2v) is 11.0. The molecule has 10 heteroatoms. The smallest absolute Gasteiger partial charge is 0.230 e. The van der Waals surface area contributed by atoms with Crippen LogP contribution in [-0.4, -0.2) is 52.4 Å². The number of carbonyl (C=O) groups is 1. The maximum atomic E-state index is 12.4. The van der Waals surface area contributed by atoms with E-state index in [-0.39, 0.29) is 29.2 Å². The van der Waals surface area contributed by atoms with Crippen LogP contribution in [0.1, 0.15) is 12.0 Å². The number of hydrogen-bond donors (Lipinski definition) is 1. The van der Waals surface area contributed by atoms with Crippen LogP contribution in [0.5, 0.6) is 0 Å². The quantitative estimate of drug-likeness (QED) is 0.548. The average Bonchev–Trinajstić information content (AvgIpc) is 3.30. The van der Waals surface area contributed by atoms with Crippen LogP contribution in [0, 0.1) is 6.92 Å². The summed E-state index contributed by atoms with van der Waals surface area (Å²) in [6.45, 7) is 2.00. The maximum Gasteiger partial charge on any atom is 0.230 e. The molecule has 1 amide bonds. The Balaban J connectivity index is 1.58. The number of aromatic nitrogens is 3. The molecule has 1 unspecified atom stereocenters. The highest BCUT2D eigenvalue weighted by molar-refractivity contribution is 7.99. The highest BCUT2D eigenvalue weighted by atomic mass is 35.5. The Morgan fingerprint density at radius 3 is 2.61 bits per heavy atom. The molecule has 7 nitrogen and oxygen atoms in total. The van der Waals surface area contributed by atoms with Gasteiger partial charge in [-0.25, -0.2) is 8.42 Å². The van der Waals surface area contributed by atoms with Crippen molar-refractivity contribution in [2.45, 2.75) is 24.5 Å². The molecule has 0 radical (unpaired) electrons. The number of aryl methyl sites for hydroxylation is 1. The Labute approximate surface area is 190 Å². The van der Waals surface area contributed by atoms with Gasteiger partial charge >= 0.3 is 0 Å². The average molecular weight is 477 g/mol. The molecule has 1 aliphatic heterocycles. The van der Waals surface area contributed by atoms with E-state index in [1.807, 2.05) is 47.9 Å². The minimum Gasteiger partial charge on any atom is -0.352 e. The first kappa shape index (κ1) is 21.9. The molecule has 0 spiro atoms.